The van der Waals surface area contributed by atoms with Crippen LogP contribution in [0.4, 0.5) is 0 Å². The smallest absolute Gasteiger partial charge is 0.243 e. The van der Waals surface area contributed by atoms with Crippen LogP contribution in [-0.4, -0.2) is 21.4 Å². The van der Waals surface area contributed by atoms with E-state index in [1.807, 2.05) is 11.8 Å². The van der Waals surface area contributed by atoms with Crippen molar-refractivity contribution >= 4 is 11.8 Å². The third-order valence-electron chi connectivity index (χ3n) is 2.98. The van der Waals surface area contributed by atoms with Gasteiger partial charge in [0, 0.05) is 4.75 Å². The van der Waals surface area contributed by atoms with Gasteiger partial charge in [-0.05, 0) is 19.4 Å². The fourth-order valence-corrected chi connectivity index (χ4v) is 2.67. The molecule has 102 valence electrons. The molecule has 1 N–H and O–H groups in total. The lowest BCUT2D eigenvalue weighted by Gasteiger charge is -2.15. The first-order valence-corrected chi connectivity index (χ1v) is 7.73. The summed E-state index contributed by atoms with van der Waals surface area (Å²) < 4.78 is 5.63. The Hall–Kier alpha value is -0.550. The molecule has 5 heteroatoms. The zero-order valence-electron chi connectivity index (χ0n) is 11.5. The van der Waals surface area contributed by atoms with Crippen LogP contribution in [-0.2, 0) is 5.75 Å². The summed E-state index contributed by atoms with van der Waals surface area (Å²) in [5, 5.41) is 7.56. The van der Waals surface area contributed by atoms with Crippen LogP contribution in [0, 0.1) is 0 Å². The van der Waals surface area contributed by atoms with Crippen molar-refractivity contribution in [2.24, 2.45) is 0 Å². The molecule has 1 unspecified atom stereocenters. The van der Waals surface area contributed by atoms with Crippen LogP contribution in [0.25, 0.3) is 0 Å². The molecular weight excluding hydrogens is 246 g/mol. The van der Waals surface area contributed by atoms with Gasteiger partial charge in [-0.25, -0.2) is 0 Å². The molecule has 0 saturated carbocycles. The van der Waals surface area contributed by atoms with Gasteiger partial charge in [-0.15, -0.1) is 11.8 Å². The zero-order valence-corrected chi connectivity index (χ0v) is 12.3. The molecule has 1 atom stereocenters. The zero-order chi connectivity index (χ0) is 13.0. The highest BCUT2D eigenvalue weighted by Crippen LogP contribution is 2.27. The number of aromatic nitrogens is 2. The Morgan fingerprint density at radius 3 is 2.94 bits per heavy atom. The van der Waals surface area contributed by atoms with Crippen LogP contribution >= 0.6 is 11.8 Å². The Morgan fingerprint density at radius 1 is 1.33 bits per heavy atom. The normalized spacial score (nSPS) is 21.8. The molecule has 0 bridgehead atoms. The lowest BCUT2D eigenvalue weighted by molar-refractivity contribution is 0.325. The lowest BCUT2D eigenvalue weighted by Crippen LogP contribution is -2.20. The summed E-state index contributed by atoms with van der Waals surface area (Å²) in [5.74, 6) is 2.40. The van der Waals surface area contributed by atoms with Gasteiger partial charge in [0.1, 0.15) is 0 Å². The summed E-state index contributed by atoms with van der Waals surface area (Å²) in [7, 11) is 0. The highest BCUT2D eigenvalue weighted by Gasteiger charge is 2.20. The van der Waals surface area contributed by atoms with E-state index in [4.69, 9.17) is 4.52 Å². The molecule has 1 fully saturated rings. The first kappa shape index (κ1) is 13.9. The Morgan fingerprint density at radius 2 is 2.17 bits per heavy atom. The fraction of sp³-hybridized carbons (Fsp3) is 0.846. The van der Waals surface area contributed by atoms with E-state index in [1.165, 1.54) is 19.3 Å². The minimum absolute atomic E-state index is 0.237. The summed E-state index contributed by atoms with van der Waals surface area (Å²) in [6.07, 6.45) is 4.89. The predicted molar refractivity (Wildman–Crippen MR) is 74.6 cm³/mol. The maximum Gasteiger partial charge on any atom is 0.243 e. The Bertz CT molecular complexity index is 365. The third kappa shape index (κ3) is 4.28. The molecular formula is C13H23N3OS. The second-order valence-electron chi connectivity index (χ2n) is 5.81. The van der Waals surface area contributed by atoms with Crippen LogP contribution in [0.5, 0.6) is 0 Å². The van der Waals surface area contributed by atoms with Gasteiger partial charge in [0.25, 0.3) is 0 Å². The largest absolute Gasteiger partial charge is 0.338 e. The van der Waals surface area contributed by atoms with Crippen LogP contribution < -0.4 is 5.32 Å². The van der Waals surface area contributed by atoms with E-state index in [0.29, 0.717) is 0 Å². The highest BCUT2D eigenvalue weighted by molar-refractivity contribution is 7.99. The maximum absolute atomic E-state index is 5.39. The number of hydrogen-bond acceptors (Lipinski definition) is 5. The second-order valence-corrected chi connectivity index (χ2v) is 7.61. The van der Waals surface area contributed by atoms with Gasteiger partial charge in [-0.1, -0.05) is 38.8 Å². The molecule has 2 rings (SSSR count). The van der Waals surface area contributed by atoms with Gasteiger partial charge >= 0.3 is 0 Å². The van der Waals surface area contributed by atoms with Crippen molar-refractivity contribution in [2.75, 3.05) is 6.54 Å². The Labute approximate surface area is 113 Å². The Kier molecular flexibility index (Phi) is 4.67. The van der Waals surface area contributed by atoms with Crippen molar-refractivity contribution in [1.82, 2.24) is 15.5 Å². The number of hydrogen-bond donors (Lipinski definition) is 1. The second kappa shape index (κ2) is 6.06. The molecule has 1 aliphatic rings. The first-order chi connectivity index (χ1) is 8.54. The van der Waals surface area contributed by atoms with E-state index in [1.54, 1.807) is 0 Å². The van der Waals surface area contributed by atoms with Crippen molar-refractivity contribution in [1.29, 1.82) is 0 Å². The quantitative estimate of drug-likeness (QED) is 0.912. The van der Waals surface area contributed by atoms with Crippen molar-refractivity contribution in [3.05, 3.63) is 11.7 Å². The van der Waals surface area contributed by atoms with E-state index < -0.39 is 0 Å². The molecule has 1 aromatic heterocycles. The SMILES string of the molecule is CC(C)(C)SCc1noc(C2CCCCCN2)n1. The van der Waals surface area contributed by atoms with Gasteiger partial charge in [0.05, 0.1) is 11.8 Å². The van der Waals surface area contributed by atoms with Crippen molar-refractivity contribution < 1.29 is 4.52 Å². The number of rotatable bonds is 3. The van der Waals surface area contributed by atoms with Crippen LogP contribution in [0.2, 0.25) is 0 Å². The van der Waals surface area contributed by atoms with E-state index in [2.05, 4.69) is 36.2 Å². The average Bonchev–Trinajstić information content (AvgIpc) is 2.60. The average molecular weight is 269 g/mol. The summed E-state index contributed by atoms with van der Waals surface area (Å²) in [5.41, 5.74) is 0. The molecule has 0 aromatic carbocycles. The summed E-state index contributed by atoms with van der Waals surface area (Å²) in [4.78, 5) is 4.52. The molecule has 1 aromatic rings. The van der Waals surface area contributed by atoms with E-state index in [-0.39, 0.29) is 10.8 Å². The number of nitrogens with one attached hydrogen (secondary N) is 1. The monoisotopic (exact) mass is 269 g/mol. The van der Waals surface area contributed by atoms with Crippen molar-refractivity contribution in [2.45, 2.75) is 63.0 Å². The minimum atomic E-state index is 0.237. The molecule has 18 heavy (non-hydrogen) atoms. The van der Waals surface area contributed by atoms with Gasteiger partial charge in [0.15, 0.2) is 5.82 Å². The Balaban J connectivity index is 1.92. The van der Waals surface area contributed by atoms with E-state index >= 15 is 0 Å². The van der Waals surface area contributed by atoms with Gasteiger partial charge in [0.2, 0.25) is 5.89 Å². The summed E-state index contributed by atoms with van der Waals surface area (Å²) in [6.45, 7) is 7.65. The maximum atomic E-state index is 5.39. The van der Waals surface area contributed by atoms with Crippen LogP contribution in [0.1, 0.15) is 64.2 Å². The molecule has 0 aliphatic carbocycles. The molecule has 0 radical (unpaired) electrons. The predicted octanol–water partition coefficient (Wildman–Crippen LogP) is 3.31. The number of nitrogens with zero attached hydrogens (tertiary/aromatic N) is 2. The van der Waals surface area contributed by atoms with Crippen molar-refractivity contribution in [3.8, 4) is 0 Å². The highest BCUT2D eigenvalue weighted by atomic mass is 32.2. The first-order valence-electron chi connectivity index (χ1n) is 6.74. The van der Waals surface area contributed by atoms with E-state index in [9.17, 15) is 0 Å². The van der Waals surface area contributed by atoms with Crippen molar-refractivity contribution in [3.63, 3.8) is 0 Å². The van der Waals surface area contributed by atoms with Crippen LogP contribution in [0.3, 0.4) is 0 Å². The summed E-state index contributed by atoms with van der Waals surface area (Å²) >= 11 is 1.85. The van der Waals surface area contributed by atoms with Gasteiger partial charge in [-0.2, -0.15) is 4.98 Å². The van der Waals surface area contributed by atoms with E-state index in [0.717, 1.165) is 30.4 Å². The standard InChI is InChI=1S/C13H23N3OS/c1-13(2,3)18-9-11-15-12(17-16-11)10-7-5-4-6-8-14-10/h10,14H,4-9H2,1-3H3. The lowest BCUT2D eigenvalue weighted by atomic mass is 10.1. The van der Waals surface area contributed by atoms with Gasteiger partial charge < -0.3 is 9.84 Å². The number of thioether (sulfide) groups is 1. The molecule has 1 saturated heterocycles. The fourth-order valence-electron chi connectivity index (χ4n) is 1.99. The summed E-state index contributed by atoms with van der Waals surface area (Å²) in [6, 6.07) is 0.258. The minimum Gasteiger partial charge on any atom is -0.338 e. The molecule has 0 spiro atoms. The van der Waals surface area contributed by atoms with Gasteiger partial charge in [-0.3, -0.25) is 0 Å². The molecule has 4 nitrogen and oxygen atoms in total. The molecule has 2 heterocycles. The topological polar surface area (TPSA) is 51.0 Å². The molecule has 1 aliphatic heterocycles. The third-order valence-corrected chi connectivity index (χ3v) is 4.25. The van der Waals surface area contributed by atoms with Crippen LogP contribution in [0.15, 0.2) is 4.52 Å². The molecule has 0 amide bonds.